The first-order valence-corrected chi connectivity index (χ1v) is 6.74. The van der Waals surface area contributed by atoms with Crippen molar-refractivity contribution in [2.24, 2.45) is 0 Å². The average Bonchev–Trinajstić information content (AvgIpc) is 2.60. The van der Waals surface area contributed by atoms with Gasteiger partial charge in [0.15, 0.2) is 0 Å². The number of fused-ring (bicyclic) bond motifs is 1. The first-order valence-electron chi connectivity index (χ1n) is 6.74. The van der Waals surface area contributed by atoms with Crippen LogP contribution in [0.5, 0.6) is 0 Å². The zero-order chi connectivity index (χ0) is 13.7. The van der Waals surface area contributed by atoms with Gasteiger partial charge in [-0.2, -0.15) is 0 Å². The van der Waals surface area contributed by atoms with Gasteiger partial charge in [0.05, 0.1) is 0 Å². The number of benzene rings is 1. The zero-order valence-electron chi connectivity index (χ0n) is 12.7. The van der Waals surface area contributed by atoms with Gasteiger partial charge in [0, 0.05) is 17.1 Å². The molecule has 0 saturated carbocycles. The van der Waals surface area contributed by atoms with Crippen LogP contribution >= 0.6 is 0 Å². The van der Waals surface area contributed by atoms with E-state index in [9.17, 15) is 0 Å². The predicted octanol–water partition coefficient (Wildman–Crippen LogP) is 5.07. The van der Waals surface area contributed by atoms with Crippen LogP contribution in [0.25, 0.3) is 10.9 Å². The quantitative estimate of drug-likeness (QED) is 0.665. The summed E-state index contributed by atoms with van der Waals surface area (Å²) in [7, 11) is 0. The maximum Gasteiger partial charge on any atom is 0.0497 e. The summed E-state index contributed by atoms with van der Waals surface area (Å²) < 4.78 is 0. The Balaban J connectivity index is 2.87. The van der Waals surface area contributed by atoms with Gasteiger partial charge in [-0.1, -0.05) is 47.6 Å². The number of aromatic nitrogens is 1. The van der Waals surface area contributed by atoms with Gasteiger partial charge < -0.3 is 4.98 Å². The van der Waals surface area contributed by atoms with Crippen LogP contribution in [0.2, 0.25) is 0 Å². The Labute approximate surface area is 111 Å². The van der Waals surface area contributed by atoms with E-state index in [-0.39, 0.29) is 10.8 Å². The molecule has 0 fully saturated rings. The minimum atomic E-state index is 0.170. The van der Waals surface area contributed by atoms with Crippen LogP contribution < -0.4 is 0 Å². The number of aromatic amines is 1. The molecule has 0 unspecified atom stereocenters. The number of hydrogen-bond acceptors (Lipinski definition) is 0. The molecule has 0 radical (unpaired) electrons. The fourth-order valence-electron chi connectivity index (χ4n) is 2.95. The average molecular weight is 243 g/mol. The predicted molar refractivity (Wildman–Crippen MR) is 80.4 cm³/mol. The molecule has 18 heavy (non-hydrogen) atoms. The Hall–Kier alpha value is -1.24. The molecule has 0 aliphatic carbocycles. The second kappa shape index (κ2) is 3.88. The second-order valence-corrected chi connectivity index (χ2v) is 7.38. The molecule has 1 aromatic heterocycles. The lowest BCUT2D eigenvalue weighted by molar-refractivity contribution is 0.581. The molecular formula is C17H25N. The van der Waals surface area contributed by atoms with Gasteiger partial charge in [0.2, 0.25) is 0 Å². The van der Waals surface area contributed by atoms with Gasteiger partial charge in [0.1, 0.15) is 0 Å². The van der Waals surface area contributed by atoms with Crippen molar-refractivity contribution < 1.29 is 0 Å². The highest BCUT2D eigenvalue weighted by Gasteiger charge is 2.25. The molecule has 0 spiro atoms. The van der Waals surface area contributed by atoms with Gasteiger partial charge >= 0.3 is 0 Å². The van der Waals surface area contributed by atoms with Gasteiger partial charge in [-0.3, -0.25) is 0 Å². The van der Waals surface area contributed by atoms with Crippen molar-refractivity contribution in [1.29, 1.82) is 0 Å². The van der Waals surface area contributed by atoms with E-state index in [1.165, 1.54) is 27.6 Å². The van der Waals surface area contributed by atoms with Gasteiger partial charge in [-0.25, -0.2) is 0 Å². The van der Waals surface area contributed by atoms with Crippen molar-refractivity contribution in [3.8, 4) is 0 Å². The maximum atomic E-state index is 3.45. The first-order chi connectivity index (χ1) is 8.12. The van der Waals surface area contributed by atoms with Crippen LogP contribution in [-0.2, 0) is 10.8 Å². The van der Waals surface area contributed by atoms with Gasteiger partial charge in [0.25, 0.3) is 0 Å². The number of aryl methyl sites for hydroxylation is 1. The van der Waals surface area contributed by atoms with E-state index in [1.54, 1.807) is 0 Å². The highest BCUT2D eigenvalue weighted by molar-refractivity contribution is 5.88. The standard InChI is InChI=1S/C17H25N/c1-11-10-13(16(2,3)4)12-8-9-18-15(12)14(11)17(5,6)7/h8-10,18H,1-7H3. The third-order valence-electron chi connectivity index (χ3n) is 3.60. The molecule has 2 rings (SSSR count). The van der Waals surface area contributed by atoms with Crippen LogP contribution in [0.15, 0.2) is 18.3 Å². The van der Waals surface area contributed by atoms with E-state index < -0.39 is 0 Å². The summed E-state index contributed by atoms with van der Waals surface area (Å²) in [5, 5.41) is 1.37. The number of rotatable bonds is 0. The van der Waals surface area contributed by atoms with Crippen LogP contribution in [0.4, 0.5) is 0 Å². The molecule has 1 N–H and O–H groups in total. The highest BCUT2D eigenvalue weighted by atomic mass is 14.7. The Bertz CT molecular complexity index is 574. The van der Waals surface area contributed by atoms with Crippen molar-refractivity contribution in [2.75, 3.05) is 0 Å². The molecule has 0 aliphatic heterocycles. The van der Waals surface area contributed by atoms with Crippen LogP contribution in [0, 0.1) is 6.92 Å². The van der Waals surface area contributed by atoms with Gasteiger partial charge in [-0.15, -0.1) is 0 Å². The zero-order valence-corrected chi connectivity index (χ0v) is 12.7. The Morgan fingerprint density at radius 3 is 2.06 bits per heavy atom. The van der Waals surface area contributed by atoms with E-state index in [2.05, 4.69) is 71.8 Å². The third-order valence-corrected chi connectivity index (χ3v) is 3.60. The van der Waals surface area contributed by atoms with Crippen molar-refractivity contribution in [3.05, 3.63) is 35.0 Å². The normalized spacial score (nSPS) is 13.3. The first kappa shape index (κ1) is 13.2. The largest absolute Gasteiger partial charge is 0.361 e. The summed E-state index contributed by atoms with van der Waals surface area (Å²) in [6.45, 7) is 15.9. The van der Waals surface area contributed by atoms with Gasteiger partial charge in [-0.05, 0) is 40.5 Å². The lowest BCUT2D eigenvalue weighted by Crippen LogP contribution is -2.17. The lowest BCUT2D eigenvalue weighted by Gasteiger charge is -2.27. The SMILES string of the molecule is Cc1cc(C(C)(C)C)c2cc[nH]c2c1C(C)(C)C. The summed E-state index contributed by atoms with van der Waals surface area (Å²) in [6, 6.07) is 4.58. The Morgan fingerprint density at radius 1 is 0.944 bits per heavy atom. The van der Waals surface area contributed by atoms with Crippen molar-refractivity contribution in [1.82, 2.24) is 4.98 Å². The topological polar surface area (TPSA) is 15.8 Å². The fourth-order valence-corrected chi connectivity index (χ4v) is 2.95. The summed E-state index contributed by atoms with van der Waals surface area (Å²) in [5.74, 6) is 0. The van der Waals surface area contributed by atoms with Crippen molar-refractivity contribution in [3.63, 3.8) is 0 Å². The van der Waals surface area contributed by atoms with Crippen molar-refractivity contribution in [2.45, 2.75) is 59.3 Å². The van der Waals surface area contributed by atoms with E-state index >= 15 is 0 Å². The van der Waals surface area contributed by atoms with Crippen LogP contribution in [0.3, 0.4) is 0 Å². The monoisotopic (exact) mass is 243 g/mol. The molecule has 0 aliphatic rings. The maximum absolute atomic E-state index is 3.45. The summed E-state index contributed by atoms with van der Waals surface area (Å²) in [6.07, 6.45) is 2.06. The number of nitrogens with one attached hydrogen (secondary N) is 1. The molecule has 1 aromatic carbocycles. The Kier molecular flexibility index (Phi) is 2.84. The highest BCUT2D eigenvalue weighted by Crippen LogP contribution is 2.38. The molecule has 0 atom stereocenters. The Morgan fingerprint density at radius 2 is 1.56 bits per heavy atom. The second-order valence-electron chi connectivity index (χ2n) is 7.38. The van der Waals surface area contributed by atoms with Crippen LogP contribution in [-0.4, -0.2) is 4.98 Å². The number of hydrogen-bond donors (Lipinski definition) is 1. The molecule has 0 amide bonds. The molecule has 0 bridgehead atoms. The number of H-pyrrole nitrogens is 1. The smallest absolute Gasteiger partial charge is 0.0497 e. The minimum absolute atomic E-state index is 0.170. The molecule has 1 heteroatoms. The summed E-state index contributed by atoms with van der Waals surface area (Å²) >= 11 is 0. The molecule has 2 aromatic rings. The third kappa shape index (κ3) is 2.07. The van der Waals surface area contributed by atoms with Crippen molar-refractivity contribution >= 4 is 10.9 Å². The van der Waals surface area contributed by atoms with E-state index in [4.69, 9.17) is 0 Å². The fraction of sp³-hybridized carbons (Fsp3) is 0.529. The molecule has 1 heterocycles. The molecule has 1 nitrogen and oxygen atoms in total. The summed E-state index contributed by atoms with van der Waals surface area (Å²) in [5.41, 5.74) is 5.93. The van der Waals surface area contributed by atoms with E-state index in [0.29, 0.717) is 0 Å². The minimum Gasteiger partial charge on any atom is -0.361 e. The molecule has 98 valence electrons. The molecule has 0 saturated heterocycles. The van der Waals surface area contributed by atoms with E-state index in [1.807, 2.05) is 0 Å². The van der Waals surface area contributed by atoms with Crippen LogP contribution in [0.1, 0.15) is 58.2 Å². The molecular weight excluding hydrogens is 218 g/mol. The van der Waals surface area contributed by atoms with E-state index in [0.717, 1.165) is 0 Å². The lowest BCUT2D eigenvalue weighted by atomic mass is 9.77. The summed E-state index contributed by atoms with van der Waals surface area (Å²) in [4.78, 5) is 3.45.